The minimum atomic E-state index is -0.675. The summed E-state index contributed by atoms with van der Waals surface area (Å²) in [5.41, 5.74) is 0. The van der Waals surface area contributed by atoms with E-state index in [2.05, 4.69) is 15.5 Å². The maximum absolute atomic E-state index is 10.9. The maximum Gasteiger partial charge on any atom is 0.306 e. The molecule has 1 aliphatic rings. The number of carboxylic acids is 1. The number of carbonyl (C=O) groups is 1. The van der Waals surface area contributed by atoms with E-state index in [0.717, 1.165) is 30.6 Å². The number of thiophene rings is 1. The second-order valence-corrected chi connectivity index (χ2v) is 6.19. The second-order valence-electron chi connectivity index (χ2n) is 5.25. The van der Waals surface area contributed by atoms with Crippen molar-refractivity contribution >= 4 is 17.3 Å². The van der Waals surface area contributed by atoms with Gasteiger partial charge in [0.05, 0.1) is 17.3 Å². The number of aliphatic carboxylic acids is 1. The normalized spacial score (nSPS) is 22.3. The smallest absolute Gasteiger partial charge is 0.306 e. The Morgan fingerprint density at radius 2 is 2.19 bits per heavy atom. The summed E-state index contributed by atoms with van der Waals surface area (Å²) in [6.45, 7) is 0.529. The monoisotopic (exact) mass is 307 g/mol. The Labute approximate surface area is 126 Å². The largest absolute Gasteiger partial charge is 0.481 e. The average molecular weight is 307 g/mol. The molecule has 1 aliphatic carbocycles. The van der Waals surface area contributed by atoms with Gasteiger partial charge in [0, 0.05) is 6.04 Å². The van der Waals surface area contributed by atoms with Crippen LogP contribution in [0.15, 0.2) is 21.9 Å². The molecule has 2 N–H and O–H groups in total. The van der Waals surface area contributed by atoms with E-state index in [1.165, 1.54) is 0 Å². The summed E-state index contributed by atoms with van der Waals surface area (Å²) in [6, 6.07) is 4.23. The lowest BCUT2D eigenvalue weighted by atomic mass is 9.86. The first kappa shape index (κ1) is 14.2. The minimum Gasteiger partial charge on any atom is -0.481 e. The van der Waals surface area contributed by atoms with Crippen LogP contribution < -0.4 is 5.32 Å². The van der Waals surface area contributed by atoms with Gasteiger partial charge in [0.25, 0.3) is 5.89 Å². The van der Waals surface area contributed by atoms with Crippen LogP contribution in [0.5, 0.6) is 0 Å². The summed E-state index contributed by atoms with van der Waals surface area (Å²) in [5, 5.41) is 22.4. The molecule has 2 heterocycles. The molecule has 21 heavy (non-hydrogen) atoms. The van der Waals surface area contributed by atoms with Gasteiger partial charge >= 0.3 is 5.97 Å². The summed E-state index contributed by atoms with van der Waals surface area (Å²) in [4.78, 5) is 11.9. The first-order chi connectivity index (χ1) is 10.2. The van der Waals surface area contributed by atoms with Crippen LogP contribution in [-0.4, -0.2) is 27.3 Å². The van der Waals surface area contributed by atoms with Crippen LogP contribution in [0.1, 0.15) is 31.6 Å². The first-order valence-corrected chi connectivity index (χ1v) is 7.93. The Hall–Kier alpha value is -1.73. The van der Waals surface area contributed by atoms with Gasteiger partial charge in [-0.1, -0.05) is 6.07 Å². The van der Waals surface area contributed by atoms with Crippen LogP contribution in [0, 0.1) is 5.92 Å². The predicted molar refractivity (Wildman–Crippen MR) is 77.8 cm³/mol. The van der Waals surface area contributed by atoms with Gasteiger partial charge < -0.3 is 14.8 Å². The summed E-state index contributed by atoms with van der Waals surface area (Å²) in [5.74, 6) is 0.262. The van der Waals surface area contributed by atoms with E-state index in [1.54, 1.807) is 11.3 Å². The van der Waals surface area contributed by atoms with Gasteiger partial charge in [-0.3, -0.25) is 4.79 Å². The number of nitrogens with one attached hydrogen (secondary N) is 1. The lowest BCUT2D eigenvalue weighted by Crippen LogP contribution is -2.34. The molecule has 2 aromatic heterocycles. The number of carboxylic acid groups (broad SMARTS) is 1. The first-order valence-electron chi connectivity index (χ1n) is 7.05. The highest BCUT2D eigenvalue weighted by atomic mass is 32.1. The molecule has 0 spiro atoms. The third-order valence-corrected chi connectivity index (χ3v) is 4.68. The van der Waals surface area contributed by atoms with Crippen molar-refractivity contribution in [2.45, 2.75) is 38.3 Å². The molecule has 3 rings (SSSR count). The molecular formula is C14H17N3O3S. The highest BCUT2D eigenvalue weighted by molar-refractivity contribution is 7.13. The summed E-state index contributed by atoms with van der Waals surface area (Å²) in [7, 11) is 0. The van der Waals surface area contributed by atoms with Gasteiger partial charge in [-0.15, -0.1) is 21.5 Å². The van der Waals surface area contributed by atoms with E-state index < -0.39 is 5.97 Å². The second kappa shape index (κ2) is 6.36. The van der Waals surface area contributed by atoms with Crippen molar-refractivity contribution in [1.29, 1.82) is 0 Å². The Balaban J connectivity index is 1.49. The molecule has 0 saturated heterocycles. The molecule has 2 aromatic rings. The fourth-order valence-corrected chi connectivity index (χ4v) is 3.25. The standard InChI is InChI=1S/C14H17N3O3S/c18-14(19)9-3-5-10(6-4-9)15-8-12-16-17-13(20-12)11-2-1-7-21-11/h1-2,7,9-10,15H,3-6,8H2,(H,18,19). The fourth-order valence-electron chi connectivity index (χ4n) is 2.60. The van der Waals surface area contributed by atoms with Crippen molar-refractivity contribution < 1.29 is 14.3 Å². The Bertz CT molecular complexity index is 588. The molecule has 1 fully saturated rings. The van der Waals surface area contributed by atoms with Gasteiger partial charge in [-0.05, 0) is 37.1 Å². The van der Waals surface area contributed by atoms with E-state index in [9.17, 15) is 4.79 Å². The van der Waals surface area contributed by atoms with E-state index >= 15 is 0 Å². The van der Waals surface area contributed by atoms with Crippen LogP contribution in [0.25, 0.3) is 10.8 Å². The number of nitrogens with zero attached hydrogens (tertiary/aromatic N) is 2. The summed E-state index contributed by atoms with van der Waals surface area (Å²) < 4.78 is 5.61. The zero-order chi connectivity index (χ0) is 14.7. The van der Waals surface area contributed by atoms with Crippen molar-refractivity contribution in [2.75, 3.05) is 0 Å². The predicted octanol–water partition coefficient (Wildman–Crippen LogP) is 2.53. The molecule has 0 radical (unpaired) electrons. The molecular weight excluding hydrogens is 290 g/mol. The zero-order valence-electron chi connectivity index (χ0n) is 11.5. The third kappa shape index (κ3) is 3.48. The number of hydrogen-bond donors (Lipinski definition) is 2. The highest BCUT2D eigenvalue weighted by Crippen LogP contribution is 2.25. The van der Waals surface area contributed by atoms with Gasteiger partial charge in [0.2, 0.25) is 5.89 Å². The van der Waals surface area contributed by atoms with Crippen LogP contribution in [0.2, 0.25) is 0 Å². The fraction of sp³-hybridized carbons (Fsp3) is 0.500. The lowest BCUT2D eigenvalue weighted by Gasteiger charge is -2.26. The minimum absolute atomic E-state index is 0.183. The molecule has 7 heteroatoms. The highest BCUT2D eigenvalue weighted by Gasteiger charge is 2.25. The van der Waals surface area contributed by atoms with Crippen LogP contribution >= 0.6 is 11.3 Å². The van der Waals surface area contributed by atoms with Gasteiger partial charge in [0.15, 0.2) is 0 Å². The molecule has 0 atom stereocenters. The summed E-state index contributed by atoms with van der Waals surface area (Å²) >= 11 is 1.57. The molecule has 0 aromatic carbocycles. The van der Waals surface area contributed by atoms with Crippen molar-refractivity contribution in [3.8, 4) is 10.8 Å². The molecule has 0 amide bonds. The molecule has 6 nitrogen and oxygen atoms in total. The van der Waals surface area contributed by atoms with Gasteiger partial charge in [0.1, 0.15) is 0 Å². The van der Waals surface area contributed by atoms with Crippen molar-refractivity contribution in [2.24, 2.45) is 5.92 Å². The molecule has 0 aliphatic heterocycles. The summed E-state index contributed by atoms with van der Waals surface area (Å²) in [6.07, 6.45) is 3.22. The SMILES string of the molecule is O=C(O)C1CCC(NCc2nnc(-c3cccs3)o2)CC1. The quantitative estimate of drug-likeness (QED) is 0.882. The average Bonchev–Trinajstić information content (AvgIpc) is 3.16. The van der Waals surface area contributed by atoms with E-state index in [-0.39, 0.29) is 5.92 Å². The number of rotatable bonds is 5. The maximum atomic E-state index is 10.9. The van der Waals surface area contributed by atoms with Crippen LogP contribution in [0.3, 0.4) is 0 Å². The molecule has 1 saturated carbocycles. The molecule has 0 bridgehead atoms. The molecule has 0 unspecified atom stereocenters. The van der Waals surface area contributed by atoms with E-state index in [0.29, 0.717) is 24.4 Å². The topological polar surface area (TPSA) is 88.2 Å². The zero-order valence-corrected chi connectivity index (χ0v) is 12.3. The van der Waals surface area contributed by atoms with Crippen LogP contribution in [0.4, 0.5) is 0 Å². The van der Waals surface area contributed by atoms with E-state index in [4.69, 9.17) is 9.52 Å². The Morgan fingerprint density at radius 3 is 2.86 bits per heavy atom. The Kier molecular flexibility index (Phi) is 4.31. The van der Waals surface area contributed by atoms with Crippen molar-refractivity contribution in [3.63, 3.8) is 0 Å². The van der Waals surface area contributed by atoms with Crippen molar-refractivity contribution in [1.82, 2.24) is 15.5 Å². The molecule has 112 valence electrons. The number of hydrogen-bond acceptors (Lipinski definition) is 6. The van der Waals surface area contributed by atoms with Crippen molar-refractivity contribution in [3.05, 3.63) is 23.4 Å². The van der Waals surface area contributed by atoms with Crippen LogP contribution in [-0.2, 0) is 11.3 Å². The van der Waals surface area contributed by atoms with Gasteiger partial charge in [-0.25, -0.2) is 0 Å². The number of aromatic nitrogens is 2. The lowest BCUT2D eigenvalue weighted by molar-refractivity contribution is -0.142. The van der Waals surface area contributed by atoms with E-state index in [1.807, 2.05) is 17.5 Å². The Morgan fingerprint density at radius 1 is 1.38 bits per heavy atom. The van der Waals surface area contributed by atoms with Gasteiger partial charge in [-0.2, -0.15) is 0 Å². The third-order valence-electron chi connectivity index (χ3n) is 3.82.